The molecule has 4 N–H and O–H groups in total. The van der Waals surface area contributed by atoms with Gasteiger partial charge in [0.1, 0.15) is 5.75 Å². The van der Waals surface area contributed by atoms with Crippen LogP contribution in [-0.4, -0.2) is 25.5 Å². The molecule has 2 aromatic rings. The van der Waals surface area contributed by atoms with E-state index in [0.717, 1.165) is 36.1 Å². The van der Waals surface area contributed by atoms with Gasteiger partial charge in [-0.2, -0.15) is 0 Å². The molecule has 31 heavy (non-hydrogen) atoms. The molecule has 0 unspecified atom stereocenters. The fourth-order valence-electron chi connectivity index (χ4n) is 4.34. The topological polar surface area (TPSA) is 76.4 Å². The quantitative estimate of drug-likeness (QED) is 0.505. The monoisotopic (exact) mass is 421 g/mol. The number of ketones is 1. The number of benzene rings is 2. The van der Waals surface area contributed by atoms with Gasteiger partial charge in [0.05, 0.1) is 19.2 Å². The fourth-order valence-corrected chi connectivity index (χ4v) is 4.34. The molecule has 0 atom stereocenters. The summed E-state index contributed by atoms with van der Waals surface area (Å²) in [7, 11) is 1.65. The number of nitrogens with two attached hydrogens (primary N) is 1. The van der Waals surface area contributed by atoms with Gasteiger partial charge < -0.3 is 21.1 Å². The van der Waals surface area contributed by atoms with Crippen molar-refractivity contribution in [1.82, 2.24) is 5.32 Å². The van der Waals surface area contributed by atoms with E-state index in [4.69, 9.17) is 10.5 Å². The number of carbonyl (C=O) groups is 1. The van der Waals surface area contributed by atoms with Crippen LogP contribution in [0.4, 0.5) is 5.69 Å². The number of hydrogen-bond donors (Lipinski definition) is 3. The van der Waals surface area contributed by atoms with Crippen molar-refractivity contribution >= 4 is 11.5 Å². The molecule has 3 rings (SSSR count). The Morgan fingerprint density at radius 3 is 2.48 bits per heavy atom. The highest BCUT2D eigenvalue weighted by molar-refractivity contribution is 6.01. The minimum absolute atomic E-state index is 0.0971. The maximum Gasteiger partial charge on any atom is 0.180 e. The van der Waals surface area contributed by atoms with E-state index in [9.17, 15) is 4.79 Å². The van der Waals surface area contributed by atoms with E-state index in [1.807, 2.05) is 25.1 Å². The summed E-state index contributed by atoms with van der Waals surface area (Å²) >= 11 is 0. The second-order valence-corrected chi connectivity index (χ2v) is 8.38. The molecule has 0 amide bonds. The predicted octanol–water partition coefficient (Wildman–Crippen LogP) is 4.85. The van der Waals surface area contributed by atoms with Crippen LogP contribution in [0.2, 0.25) is 0 Å². The molecule has 2 aromatic carbocycles. The summed E-state index contributed by atoms with van der Waals surface area (Å²) in [5, 5.41) is 6.58. The zero-order chi connectivity index (χ0) is 22.2. The molecular weight excluding hydrogens is 386 g/mol. The molecule has 166 valence electrons. The zero-order valence-corrected chi connectivity index (χ0v) is 19.0. The van der Waals surface area contributed by atoms with Crippen LogP contribution in [0.5, 0.6) is 5.75 Å². The first-order chi connectivity index (χ1) is 15.0. The minimum Gasteiger partial charge on any atom is -0.496 e. The molecule has 0 saturated heterocycles. The Morgan fingerprint density at radius 1 is 1.13 bits per heavy atom. The van der Waals surface area contributed by atoms with E-state index in [2.05, 4.69) is 29.7 Å². The molecule has 0 heterocycles. The number of rotatable bonds is 9. The summed E-state index contributed by atoms with van der Waals surface area (Å²) in [5.74, 6) is 0.796. The van der Waals surface area contributed by atoms with Crippen molar-refractivity contribution in [1.29, 1.82) is 0 Å². The van der Waals surface area contributed by atoms with Gasteiger partial charge in [-0.05, 0) is 73.6 Å². The maximum absolute atomic E-state index is 13.1. The molecule has 1 aliphatic rings. The van der Waals surface area contributed by atoms with Crippen molar-refractivity contribution in [2.24, 2.45) is 5.73 Å². The molecular formula is C26H35N3O2. The third kappa shape index (κ3) is 5.88. The summed E-state index contributed by atoms with van der Waals surface area (Å²) in [5.41, 5.74) is 11.6. The van der Waals surface area contributed by atoms with Gasteiger partial charge in [0, 0.05) is 24.1 Å². The minimum atomic E-state index is 0.0971. The van der Waals surface area contributed by atoms with Crippen LogP contribution in [0.15, 0.2) is 42.7 Å². The van der Waals surface area contributed by atoms with Gasteiger partial charge in [0.2, 0.25) is 0 Å². The number of methoxy groups -OCH3 is 1. The van der Waals surface area contributed by atoms with Gasteiger partial charge in [-0.25, -0.2) is 0 Å². The summed E-state index contributed by atoms with van der Waals surface area (Å²) in [6.07, 6.45) is 10.1. The summed E-state index contributed by atoms with van der Waals surface area (Å²) < 4.78 is 5.65. The molecule has 1 aliphatic carbocycles. The predicted molar refractivity (Wildman–Crippen MR) is 128 cm³/mol. The molecule has 0 aromatic heterocycles. The summed E-state index contributed by atoms with van der Waals surface area (Å²) in [6.45, 7) is 4.50. The number of carbonyl (C=O) groups excluding carboxylic acids is 1. The Labute approximate surface area is 186 Å². The highest BCUT2D eigenvalue weighted by atomic mass is 16.5. The molecule has 1 fully saturated rings. The third-order valence-corrected chi connectivity index (χ3v) is 6.30. The van der Waals surface area contributed by atoms with Crippen LogP contribution in [0, 0.1) is 13.8 Å². The fraction of sp³-hybridized carbons (Fsp3) is 0.423. The van der Waals surface area contributed by atoms with E-state index in [-0.39, 0.29) is 5.78 Å². The first-order valence-corrected chi connectivity index (χ1v) is 11.2. The van der Waals surface area contributed by atoms with Crippen molar-refractivity contribution in [3.63, 3.8) is 0 Å². The van der Waals surface area contributed by atoms with Gasteiger partial charge in [0.15, 0.2) is 5.78 Å². The van der Waals surface area contributed by atoms with E-state index in [1.165, 1.54) is 36.6 Å². The Kier molecular flexibility index (Phi) is 8.13. The summed E-state index contributed by atoms with van der Waals surface area (Å²) in [6, 6.07) is 10.7. The van der Waals surface area contributed by atoms with E-state index < -0.39 is 0 Å². The molecule has 0 aliphatic heterocycles. The zero-order valence-electron chi connectivity index (χ0n) is 19.0. The maximum atomic E-state index is 13.1. The lowest BCUT2D eigenvalue weighted by Gasteiger charge is -2.23. The Morgan fingerprint density at radius 2 is 1.84 bits per heavy atom. The molecule has 0 spiro atoms. The number of Topliss-reactive ketones (excluding diaryl/α,β-unsaturated/α-hetero) is 1. The number of hydrogen-bond acceptors (Lipinski definition) is 5. The van der Waals surface area contributed by atoms with Crippen LogP contribution >= 0.6 is 0 Å². The first-order valence-electron chi connectivity index (χ1n) is 11.2. The number of anilines is 1. The van der Waals surface area contributed by atoms with Gasteiger partial charge in [0.25, 0.3) is 0 Å². The Hall–Kier alpha value is -2.79. The van der Waals surface area contributed by atoms with Gasteiger partial charge >= 0.3 is 0 Å². The Bertz CT molecular complexity index is 913. The van der Waals surface area contributed by atoms with Crippen molar-refractivity contribution in [3.8, 4) is 5.75 Å². The van der Waals surface area contributed by atoms with Gasteiger partial charge in [-0.15, -0.1) is 0 Å². The van der Waals surface area contributed by atoms with Crippen molar-refractivity contribution in [2.45, 2.75) is 58.4 Å². The average Bonchev–Trinajstić information content (AvgIpc) is 2.80. The summed E-state index contributed by atoms with van der Waals surface area (Å²) in [4.78, 5) is 13.1. The largest absolute Gasteiger partial charge is 0.496 e. The van der Waals surface area contributed by atoms with E-state index in [0.29, 0.717) is 23.9 Å². The molecule has 5 nitrogen and oxygen atoms in total. The lowest BCUT2D eigenvalue weighted by atomic mass is 9.91. The van der Waals surface area contributed by atoms with Crippen molar-refractivity contribution in [3.05, 3.63) is 70.5 Å². The number of ether oxygens (including phenoxy) is 1. The van der Waals surface area contributed by atoms with Crippen molar-refractivity contribution < 1.29 is 9.53 Å². The lowest BCUT2D eigenvalue weighted by Crippen LogP contribution is -2.35. The normalized spacial score (nSPS) is 14.7. The Balaban J connectivity index is 1.79. The SMILES string of the molecule is COc1c(C(=O)CNC2CCCCC2)cc(Cc2ccc(N/C=C\N)cc2)c(C)c1C. The molecule has 1 saturated carbocycles. The van der Waals surface area contributed by atoms with Crippen LogP contribution in [-0.2, 0) is 6.42 Å². The van der Waals surface area contributed by atoms with Gasteiger partial charge in [-0.3, -0.25) is 4.79 Å². The second-order valence-electron chi connectivity index (χ2n) is 8.38. The van der Waals surface area contributed by atoms with Crippen LogP contribution in [0.25, 0.3) is 0 Å². The highest BCUT2D eigenvalue weighted by Gasteiger charge is 2.20. The smallest absolute Gasteiger partial charge is 0.180 e. The third-order valence-electron chi connectivity index (χ3n) is 6.30. The van der Waals surface area contributed by atoms with Gasteiger partial charge in [-0.1, -0.05) is 31.4 Å². The van der Waals surface area contributed by atoms with Crippen LogP contribution in [0.1, 0.15) is 64.7 Å². The second kappa shape index (κ2) is 11.0. The van der Waals surface area contributed by atoms with E-state index >= 15 is 0 Å². The lowest BCUT2D eigenvalue weighted by molar-refractivity contribution is 0.0981. The van der Waals surface area contributed by atoms with Crippen LogP contribution < -0.4 is 21.1 Å². The molecule has 0 radical (unpaired) electrons. The highest BCUT2D eigenvalue weighted by Crippen LogP contribution is 2.31. The van der Waals surface area contributed by atoms with E-state index in [1.54, 1.807) is 13.3 Å². The average molecular weight is 422 g/mol. The number of nitrogens with one attached hydrogen (secondary N) is 2. The van der Waals surface area contributed by atoms with Crippen molar-refractivity contribution in [2.75, 3.05) is 19.0 Å². The van der Waals surface area contributed by atoms with Crippen LogP contribution in [0.3, 0.4) is 0 Å². The first kappa shape index (κ1) is 22.9. The molecule has 0 bridgehead atoms. The standard InChI is InChI=1S/C26H35N3O2/c1-18-19(2)26(31-3)24(25(30)17-29-22-7-5-4-6-8-22)16-21(18)15-20-9-11-23(12-10-20)28-14-13-27/h9-14,16,22,28-29H,4-8,15,17,27H2,1-3H3/b14-13-. The molecule has 5 heteroatoms.